The first kappa shape index (κ1) is 22.0. The lowest BCUT2D eigenvalue weighted by Gasteiger charge is -2.12. The highest BCUT2D eigenvalue weighted by Gasteiger charge is 2.12. The summed E-state index contributed by atoms with van der Waals surface area (Å²) in [6.45, 7) is 4.59. The van der Waals surface area contributed by atoms with Gasteiger partial charge in [-0.3, -0.25) is 4.79 Å². The SMILES string of the molecule is CCOC(=O)COc1ccc(C=C(C#N)C(=O)NCCOC)cc1OCC. The average Bonchev–Trinajstić information content (AvgIpc) is 2.66. The number of carbonyl (C=O) groups is 2. The van der Waals surface area contributed by atoms with Crippen LogP contribution in [0.3, 0.4) is 0 Å². The van der Waals surface area contributed by atoms with Crippen molar-refractivity contribution in [1.82, 2.24) is 5.32 Å². The number of benzene rings is 1. The average molecular weight is 376 g/mol. The molecule has 0 saturated carbocycles. The van der Waals surface area contributed by atoms with Crippen LogP contribution in [0.4, 0.5) is 0 Å². The van der Waals surface area contributed by atoms with E-state index in [-0.39, 0.29) is 18.8 Å². The van der Waals surface area contributed by atoms with Crippen LogP contribution in [0.15, 0.2) is 23.8 Å². The van der Waals surface area contributed by atoms with Crippen molar-refractivity contribution in [3.8, 4) is 17.6 Å². The van der Waals surface area contributed by atoms with E-state index in [2.05, 4.69) is 5.32 Å². The van der Waals surface area contributed by atoms with Gasteiger partial charge in [-0.2, -0.15) is 5.26 Å². The first-order chi connectivity index (χ1) is 13.0. The van der Waals surface area contributed by atoms with Gasteiger partial charge in [0.15, 0.2) is 18.1 Å². The third-order valence-electron chi connectivity index (χ3n) is 3.19. The molecule has 27 heavy (non-hydrogen) atoms. The maximum Gasteiger partial charge on any atom is 0.344 e. The summed E-state index contributed by atoms with van der Waals surface area (Å²) in [6, 6.07) is 6.76. The van der Waals surface area contributed by atoms with E-state index in [1.165, 1.54) is 13.2 Å². The zero-order chi connectivity index (χ0) is 20.1. The predicted molar refractivity (Wildman–Crippen MR) is 98.2 cm³/mol. The third-order valence-corrected chi connectivity index (χ3v) is 3.19. The van der Waals surface area contributed by atoms with Crippen molar-refractivity contribution in [2.45, 2.75) is 13.8 Å². The summed E-state index contributed by atoms with van der Waals surface area (Å²) in [7, 11) is 1.52. The molecule has 1 aromatic rings. The van der Waals surface area contributed by atoms with Gasteiger partial charge in [0, 0.05) is 13.7 Å². The lowest BCUT2D eigenvalue weighted by molar-refractivity contribution is -0.145. The van der Waals surface area contributed by atoms with E-state index in [0.717, 1.165) is 0 Å². The van der Waals surface area contributed by atoms with Crippen molar-refractivity contribution in [3.05, 3.63) is 29.3 Å². The first-order valence-corrected chi connectivity index (χ1v) is 8.49. The number of carbonyl (C=O) groups excluding carboxylic acids is 2. The number of esters is 1. The van der Waals surface area contributed by atoms with Crippen LogP contribution in [0, 0.1) is 11.3 Å². The van der Waals surface area contributed by atoms with Crippen LogP contribution in [-0.2, 0) is 19.1 Å². The number of hydrogen-bond donors (Lipinski definition) is 1. The van der Waals surface area contributed by atoms with Crippen LogP contribution in [0.25, 0.3) is 6.08 Å². The van der Waals surface area contributed by atoms with E-state index >= 15 is 0 Å². The van der Waals surface area contributed by atoms with Gasteiger partial charge in [0.05, 0.1) is 19.8 Å². The molecule has 1 aromatic carbocycles. The molecule has 8 heteroatoms. The minimum Gasteiger partial charge on any atom is -0.490 e. The summed E-state index contributed by atoms with van der Waals surface area (Å²) < 4.78 is 20.6. The van der Waals surface area contributed by atoms with Crippen LogP contribution in [-0.4, -0.2) is 52.0 Å². The number of rotatable bonds is 11. The van der Waals surface area contributed by atoms with Crippen molar-refractivity contribution in [3.63, 3.8) is 0 Å². The number of ether oxygens (including phenoxy) is 4. The number of nitrogens with one attached hydrogen (secondary N) is 1. The fraction of sp³-hybridized carbons (Fsp3) is 0.421. The van der Waals surface area contributed by atoms with Gasteiger partial charge in [-0.1, -0.05) is 6.07 Å². The second-order valence-corrected chi connectivity index (χ2v) is 5.15. The lowest BCUT2D eigenvalue weighted by atomic mass is 10.1. The summed E-state index contributed by atoms with van der Waals surface area (Å²) in [5, 5.41) is 11.8. The Morgan fingerprint density at radius 3 is 2.59 bits per heavy atom. The number of amides is 1. The predicted octanol–water partition coefficient (Wildman–Crippen LogP) is 1.70. The molecular weight excluding hydrogens is 352 g/mol. The highest BCUT2D eigenvalue weighted by molar-refractivity contribution is 6.01. The molecule has 0 aliphatic heterocycles. The molecule has 0 radical (unpaired) electrons. The van der Waals surface area contributed by atoms with E-state index in [1.807, 2.05) is 13.0 Å². The Morgan fingerprint density at radius 2 is 1.96 bits per heavy atom. The molecule has 0 fully saturated rings. The fourth-order valence-electron chi connectivity index (χ4n) is 2.02. The largest absolute Gasteiger partial charge is 0.490 e. The Hall–Kier alpha value is -3.05. The fourth-order valence-corrected chi connectivity index (χ4v) is 2.02. The number of hydrogen-bond acceptors (Lipinski definition) is 7. The van der Waals surface area contributed by atoms with E-state index in [0.29, 0.717) is 36.8 Å². The molecule has 1 amide bonds. The lowest BCUT2D eigenvalue weighted by Crippen LogP contribution is -2.27. The van der Waals surface area contributed by atoms with E-state index in [4.69, 9.17) is 18.9 Å². The Morgan fingerprint density at radius 1 is 1.19 bits per heavy atom. The molecule has 8 nitrogen and oxygen atoms in total. The highest BCUT2D eigenvalue weighted by Crippen LogP contribution is 2.29. The van der Waals surface area contributed by atoms with Gasteiger partial charge in [0.2, 0.25) is 0 Å². The molecule has 1 N–H and O–H groups in total. The van der Waals surface area contributed by atoms with Crippen molar-refractivity contribution < 1.29 is 28.5 Å². The van der Waals surface area contributed by atoms with E-state index < -0.39 is 11.9 Å². The van der Waals surface area contributed by atoms with Crippen molar-refractivity contribution in [2.24, 2.45) is 0 Å². The second-order valence-electron chi connectivity index (χ2n) is 5.15. The zero-order valence-corrected chi connectivity index (χ0v) is 15.7. The zero-order valence-electron chi connectivity index (χ0n) is 15.7. The summed E-state index contributed by atoms with van der Waals surface area (Å²) in [6.07, 6.45) is 1.44. The summed E-state index contributed by atoms with van der Waals surface area (Å²) >= 11 is 0. The molecule has 0 unspecified atom stereocenters. The maximum absolute atomic E-state index is 12.0. The van der Waals surface area contributed by atoms with Crippen LogP contribution in [0.5, 0.6) is 11.5 Å². The van der Waals surface area contributed by atoms with Gasteiger partial charge < -0.3 is 24.3 Å². The second kappa shape index (κ2) is 12.3. The summed E-state index contributed by atoms with van der Waals surface area (Å²) in [5.74, 6) is -0.212. The Kier molecular flexibility index (Phi) is 10.0. The van der Waals surface area contributed by atoms with Gasteiger partial charge in [-0.15, -0.1) is 0 Å². The molecule has 0 heterocycles. The molecule has 0 spiro atoms. The van der Waals surface area contributed by atoms with Gasteiger partial charge in [0.25, 0.3) is 5.91 Å². The molecule has 0 aliphatic carbocycles. The Balaban J connectivity index is 2.94. The van der Waals surface area contributed by atoms with Gasteiger partial charge >= 0.3 is 5.97 Å². The highest BCUT2D eigenvalue weighted by atomic mass is 16.6. The topological polar surface area (TPSA) is 107 Å². The maximum atomic E-state index is 12.0. The van der Waals surface area contributed by atoms with Gasteiger partial charge in [-0.25, -0.2) is 4.79 Å². The quantitative estimate of drug-likeness (QED) is 0.271. The van der Waals surface area contributed by atoms with Gasteiger partial charge in [-0.05, 0) is 37.6 Å². The molecule has 0 bridgehead atoms. The molecule has 1 rings (SSSR count). The number of nitriles is 1. The standard InChI is InChI=1S/C19H24N2O6/c1-4-25-17-11-14(6-7-16(17)27-13-18(22)26-5-2)10-15(12-20)19(23)21-8-9-24-3/h6-7,10-11H,4-5,8-9,13H2,1-3H3,(H,21,23). The number of nitrogens with zero attached hydrogens (tertiary/aromatic N) is 1. The van der Waals surface area contributed by atoms with Crippen LogP contribution >= 0.6 is 0 Å². The molecule has 0 aromatic heterocycles. The van der Waals surface area contributed by atoms with E-state index in [9.17, 15) is 14.9 Å². The molecule has 0 atom stereocenters. The van der Waals surface area contributed by atoms with Crippen molar-refractivity contribution in [1.29, 1.82) is 5.26 Å². The third kappa shape index (κ3) is 7.79. The first-order valence-electron chi connectivity index (χ1n) is 8.49. The molecule has 146 valence electrons. The van der Waals surface area contributed by atoms with Crippen molar-refractivity contribution >= 4 is 18.0 Å². The smallest absolute Gasteiger partial charge is 0.344 e. The van der Waals surface area contributed by atoms with Crippen LogP contribution in [0.2, 0.25) is 0 Å². The van der Waals surface area contributed by atoms with Crippen LogP contribution in [0.1, 0.15) is 19.4 Å². The number of methoxy groups -OCH3 is 1. The monoisotopic (exact) mass is 376 g/mol. The van der Waals surface area contributed by atoms with E-state index in [1.54, 1.807) is 25.1 Å². The minimum atomic E-state index is -0.491. The molecule has 0 saturated heterocycles. The summed E-state index contributed by atoms with van der Waals surface area (Å²) in [5.41, 5.74) is 0.536. The Labute approximate surface area is 158 Å². The molecular formula is C19H24N2O6. The molecule has 0 aliphatic rings. The summed E-state index contributed by atoms with van der Waals surface area (Å²) in [4.78, 5) is 23.4. The Bertz CT molecular complexity index is 709. The normalized spacial score (nSPS) is 10.7. The van der Waals surface area contributed by atoms with Crippen molar-refractivity contribution in [2.75, 3.05) is 40.1 Å². The van der Waals surface area contributed by atoms with Gasteiger partial charge in [0.1, 0.15) is 11.6 Å². The minimum absolute atomic E-state index is 0.0475. The van der Waals surface area contributed by atoms with Crippen LogP contribution < -0.4 is 14.8 Å².